The maximum absolute atomic E-state index is 11.7. The molecular weight excluding hydrogens is 264 g/mol. The van der Waals surface area contributed by atoms with E-state index in [4.69, 9.17) is 4.74 Å². The van der Waals surface area contributed by atoms with Crippen molar-refractivity contribution in [1.82, 2.24) is 10.6 Å². The maximum atomic E-state index is 11.7. The van der Waals surface area contributed by atoms with Crippen LogP contribution in [-0.2, 0) is 4.74 Å². The molecule has 21 heavy (non-hydrogen) atoms. The Hall–Kier alpha value is -0.770. The van der Waals surface area contributed by atoms with Crippen LogP contribution in [0.5, 0.6) is 0 Å². The summed E-state index contributed by atoms with van der Waals surface area (Å²) in [6.07, 6.45) is 0.841. The molecule has 4 heteroatoms. The van der Waals surface area contributed by atoms with E-state index in [1.807, 2.05) is 20.8 Å². The van der Waals surface area contributed by atoms with E-state index in [1.54, 1.807) is 0 Å². The molecule has 1 amide bonds. The highest BCUT2D eigenvalue weighted by atomic mass is 16.6. The van der Waals surface area contributed by atoms with Crippen molar-refractivity contribution in [1.29, 1.82) is 0 Å². The van der Waals surface area contributed by atoms with Crippen LogP contribution in [0.2, 0.25) is 0 Å². The van der Waals surface area contributed by atoms with Gasteiger partial charge in [0.1, 0.15) is 5.60 Å². The van der Waals surface area contributed by atoms with Gasteiger partial charge in [0.25, 0.3) is 0 Å². The first-order valence-electron chi connectivity index (χ1n) is 8.21. The molecule has 0 saturated carbocycles. The summed E-state index contributed by atoms with van der Waals surface area (Å²) in [4.78, 5) is 11.7. The van der Waals surface area contributed by atoms with Crippen LogP contribution in [0, 0.1) is 17.8 Å². The Morgan fingerprint density at radius 3 is 2.05 bits per heavy atom. The molecule has 0 radical (unpaired) electrons. The Kier molecular flexibility index (Phi) is 8.95. The number of hydrogen-bond acceptors (Lipinski definition) is 3. The summed E-state index contributed by atoms with van der Waals surface area (Å²) >= 11 is 0. The van der Waals surface area contributed by atoms with Gasteiger partial charge in [-0.2, -0.15) is 0 Å². The van der Waals surface area contributed by atoms with Crippen molar-refractivity contribution in [3.8, 4) is 0 Å². The zero-order chi connectivity index (χ0) is 16.6. The molecule has 0 aliphatic carbocycles. The lowest BCUT2D eigenvalue weighted by molar-refractivity contribution is 0.0514. The SMILES string of the molecule is CC(C)CC(C)NCC(CNC(=O)OC(C)(C)C)C(C)C. The molecule has 0 fully saturated rings. The number of hydrogen-bond donors (Lipinski definition) is 2. The second-order valence-electron chi connectivity index (χ2n) is 7.83. The first-order valence-corrected chi connectivity index (χ1v) is 8.21. The number of rotatable bonds is 8. The minimum Gasteiger partial charge on any atom is -0.444 e. The minimum atomic E-state index is -0.443. The molecule has 4 nitrogen and oxygen atoms in total. The van der Waals surface area contributed by atoms with Gasteiger partial charge in [-0.3, -0.25) is 0 Å². The van der Waals surface area contributed by atoms with Gasteiger partial charge in [0, 0.05) is 19.1 Å². The smallest absolute Gasteiger partial charge is 0.407 e. The van der Waals surface area contributed by atoms with E-state index in [9.17, 15) is 4.79 Å². The van der Waals surface area contributed by atoms with Crippen molar-refractivity contribution in [2.75, 3.05) is 13.1 Å². The normalized spacial score (nSPS) is 15.1. The third-order valence-electron chi connectivity index (χ3n) is 3.40. The lowest BCUT2D eigenvalue weighted by atomic mass is 9.95. The van der Waals surface area contributed by atoms with Crippen molar-refractivity contribution in [2.45, 2.75) is 73.5 Å². The third kappa shape index (κ3) is 11.6. The first-order chi connectivity index (χ1) is 9.51. The third-order valence-corrected chi connectivity index (χ3v) is 3.40. The van der Waals surface area contributed by atoms with E-state index < -0.39 is 5.60 Å². The highest BCUT2D eigenvalue weighted by Crippen LogP contribution is 2.12. The second kappa shape index (κ2) is 9.29. The largest absolute Gasteiger partial charge is 0.444 e. The quantitative estimate of drug-likeness (QED) is 0.716. The van der Waals surface area contributed by atoms with Crippen LogP contribution in [0.25, 0.3) is 0 Å². The molecule has 2 atom stereocenters. The highest BCUT2D eigenvalue weighted by molar-refractivity contribution is 5.67. The summed E-state index contributed by atoms with van der Waals surface area (Å²) < 4.78 is 5.28. The molecule has 0 saturated heterocycles. The van der Waals surface area contributed by atoms with Crippen molar-refractivity contribution < 1.29 is 9.53 Å². The van der Waals surface area contributed by atoms with Crippen LogP contribution < -0.4 is 10.6 Å². The molecule has 0 spiro atoms. The van der Waals surface area contributed by atoms with Crippen LogP contribution in [0.3, 0.4) is 0 Å². The summed E-state index contributed by atoms with van der Waals surface area (Å²) in [5.41, 5.74) is -0.443. The van der Waals surface area contributed by atoms with Crippen LogP contribution in [0.1, 0.15) is 61.8 Å². The van der Waals surface area contributed by atoms with E-state index in [1.165, 1.54) is 6.42 Å². The molecule has 126 valence electrons. The van der Waals surface area contributed by atoms with Crippen LogP contribution in [-0.4, -0.2) is 30.8 Å². The molecular formula is C17H36N2O2. The van der Waals surface area contributed by atoms with Gasteiger partial charge >= 0.3 is 6.09 Å². The molecule has 0 aromatic heterocycles. The Bertz CT molecular complexity index is 296. The Morgan fingerprint density at radius 2 is 1.62 bits per heavy atom. The minimum absolute atomic E-state index is 0.330. The fourth-order valence-electron chi connectivity index (χ4n) is 2.22. The van der Waals surface area contributed by atoms with Gasteiger partial charge in [-0.1, -0.05) is 27.7 Å². The van der Waals surface area contributed by atoms with Crippen molar-refractivity contribution in [3.05, 3.63) is 0 Å². The van der Waals surface area contributed by atoms with E-state index in [0.717, 1.165) is 6.54 Å². The Morgan fingerprint density at radius 1 is 1.05 bits per heavy atom. The zero-order valence-electron chi connectivity index (χ0n) is 15.2. The topological polar surface area (TPSA) is 50.4 Å². The Labute approximate surface area is 131 Å². The Balaban J connectivity index is 4.17. The van der Waals surface area contributed by atoms with Crippen molar-refractivity contribution in [2.24, 2.45) is 17.8 Å². The van der Waals surface area contributed by atoms with Gasteiger partial charge in [-0.15, -0.1) is 0 Å². The van der Waals surface area contributed by atoms with Gasteiger partial charge in [0.15, 0.2) is 0 Å². The summed E-state index contributed by atoms with van der Waals surface area (Å²) in [6, 6.07) is 0.507. The molecule has 2 unspecified atom stereocenters. The van der Waals surface area contributed by atoms with E-state index >= 15 is 0 Å². The number of ether oxygens (including phenoxy) is 1. The maximum Gasteiger partial charge on any atom is 0.407 e. The van der Waals surface area contributed by atoms with Crippen molar-refractivity contribution >= 4 is 6.09 Å². The number of carbonyl (C=O) groups is 1. The van der Waals surface area contributed by atoms with E-state index in [-0.39, 0.29) is 6.09 Å². The molecule has 0 heterocycles. The molecule has 0 aromatic carbocycles. The first kappa shape index (κ1) is 20.2. The average molecular weight is 300 g/mol. The lowest BCUT2D eigenvalue weighted by Gasteiger charge is -2.26. The van der Waals surface area contributed by atoms with E-state index in [0.29, 0.717) is 30.3 Å². The average Bonchev–Trinajstić information content (AvgIpc) is 2.24. The second-order valence-corrected chi connectivity index (χ2v) is 7.83. The zero-order valence-corrected chi connectivity index (χ0v) is 15.2. The summed E-state index contributed by atoms with van der Waals surface area (Å²) in [6.45, 7) is 18.3. The lowest BCUT2D eigenvalue weighted by Crippen LogP contribution is -2.41. The fraction of sp³-hybridized carbons (Fsp3) is 0.941. The monoisotopic (exact) mass is 300 g/mol. The van der Waals surface area contributed by atoms with Crippen LogP contribution in [0.15, 0.2) is 0 Å². The number of alkyl carbamates (subject to hydrolysis) is 1. The number of amides is 1. The molecule has 0 aromatic rings. The molecule has 0 aliphatic heterocycles. The fourth-order valence-corrected chi connectivity index (χ4v) is 2.22. The van der Waals surface area contributed by atoms with Crippen LogP contribution in [0.4, 0.5) is 4.79 Å². The number of nitrogens with one attached hydrogen (secondary N) is 2. The summed E-state index contributed by atoms with van der Waals surface area (Å²) in [5.74, 6) is 1.62. The van der Waals surface area contributed by atoms with Gasteiger partial charge in [0.2, 0.25) is 0 Å². The van der Waals surface area contributed by atoms with Gasteiger partial charge in [0.05, 0.1) is 0 Å². The number of carbonyl (C=O) groups excluding carboxylic acids is 1. The predicted molar refractivity (Wildman–Crippen MR) is 89.5 cm³/mol. The van der Waals surface area contributed by atoms with Gasteiger partial charge < -0.3 is 15.4 Å². The highest BCUT2D eigenvalue weighted by Gasteiger charge is 2.19. The van der Waals surface area contributed by atoms with Gasteiger partial charge in [-0.05, 0) is 51.9 Å². The summed E-state index contributed by atoms with van der Waals surface area (Å²) in [7, 11) is 0. The molecule has 0 aliphatic rings. The van der Waals surface area contributed by atoms with E-state index in [2.05, 4.69) is 45.3 Å². The van der Waals surface area contributed by atoms with Gasteiger partial charge in [-0.25, -0.2) is 4.79 Å². The predicted octanol–water partition coefficient (Wildman–Crippen LogP) is 3.81. The summed E-state index contributed by atoms with van der Waals surface area (Å²) in [5, 5.41) is 6.46. The molecule has 0 bridgehead atoms. The van der Waals surface area contributed by atoms with Crippen LogP contribution >= 0.6 is 0 Å². The standard InChI is InChI=1S/C17H36N2O2/c1-12(2)9-14(5)18-10-15(13(3)4)11-19-16(20)21-17(6,7)8/h12-15,18H,9-11H2,1-8H3,(H,19,20). The van der Waals surface area contributed by atoms with Crippen molar-refractivity contribution in [3.63, 3.8) is 0 Å². The molecule has 2 N–H and O–H groups in total. The molecule has 0 rings (SSSR count).